The van der Waals surface area contributed by atoms with Crippen LogP contribution in [0.15, 0.2) is 24.4 Å². The Morgan fingerprint density at radius 1 is 1.44 bits per heavy atom. The molecule has 0 bridgehead atoms. The second-order valence-electron chi connectivity index (χ2n) is 3.42. The molecule has 0 fully saturated rings. The number of thiazole rings is 1. The molecule has 1 heterocycles. The average molecular weight is 270 g/mol. The fourth-order valence-electron chi connectivity index (χ4n) is 1.29. The number of carboxylic acid groups (broad SMARTS) is 1. The predicted octanol–water partition coefficient (Wildman–Crippen LogP) is 2.73. The molecule has 18 heavy (non-hydrogen) atoms. The van der Waals surface area contributed by atoms with Crippen molar-refractivity contribution in [1.29, 1.82) is 0 Å². The first-order valence-electron chi connectivity index (χ1n) is 4.93. The zero-order valence-electron chi connectivity index (χ0n) is 8.98. The van der Waals surface area contributed by atoms with Crippen molar-refractivity contribution in [2.24, 2.45) is 0 Å². The van der Waals surface area contributed by atoms with Crippen LogP contribution in [0.5, 0.6) is 0 Å². The Balaban J connectivity index is 2.04. The fourth-order valence-corrected chi connectivity index (χ4v) is 1.94. The Kier molecular flexibility index (Phi) is 3.52. The summed E-state index contributed by atoms with van der Waals surface area (Å²) in [6.07, 6.45) is 1.22. The van der Waals surface area contributed by atoms with Gasteiger partial charge in [0, 0.05) is 18.2 Å². The highest BCUT2D eigenvalue weighted by atomic mass is 32.1. The van der Waals surface area contributed by atoms with E-state index in [0.717, 1.165) is 23.5 Å². The van der Waals surface area contributed by atoms with Crippen LogP contribution >= 0.6 is 11.3 Å². The van der Waals surface area contributed by atoms with Crippen LogP contribution in [0.1, 0.15) is 15.2 Å². The molecule has 0 radical (unpaired) electrons. The second kappa shape index (κ2) is 5.09. The number of aromatic nitrogens is 1. The van der Waals surface area contributed by atoms with Crippen molar-refractivity contribution >= 4 is 22.4 Å². The van der Waals surface area contributed by atoms with Gasteiger partial charge in [0.1, 0.15) is 16.5 Å². The molecule has 94 valence electrons. The van der Waals surface area contributed by atoms with E-state index in [1.54, 1.807) is 0 Å². The molecule has 2 N–H and O–H groups in total. The van der Waals surface area contributed by atoms with E-state index in [-0.39, 0.29) is 17.0 Å². The molecule has 0 spiro atoms. The molecule has 2 aromatic rings. The number of anilines is 1. The number of nitrogens with one attached hydrogen (secondary N) is 1. The summed E-state index contributed by atoms with van der Waals surface area (Å²) in [6, 6.07) is 3.27. The largest absolute Gasteiger partial charge is 0.477 e. The topological polar surface area (TPSA) is 62.2 Å². The summed E-state index contributed by atoms with van der Waals surface area (Å²) in [6.45, 7) is 0.110. The summed E-state index contributed by atoms with van der Waals surface area (Å²) in [5, 5.41) is 11.8. The minimum absolute atomic E-state index is 0.0945. The summed E-state index contributed by atoms with van der Waals surface area (Å²) < 4.78 is 26.0. The summed E-state index contributed by atoms with van der Waals surface area (Å²) in [4.78, 5) is 14.5. The molecule has 0 aliphatic rings. The molecule has 0 unspecified atom stereocenters. The Morgan fingerprint density at radius 3 is 2.83 bits per heavy atom. The van der Waals surface area contributed by atoms with Crippen molar-refractivity contribution in [2.75, 3.05) is 5.32 Å². The van der Waals surface area contributed by atoms with Crippen LogP contribution in [0.2, 0.25) is 0 Å². The van der Waals surface area contributed by atoms with Crippen LogP contribution in [0.4, 0.5) is 13.9 Å². The molecule has 1 aromatic heterocycles. The molecule has 0 aliphatic heterocycles. The number of hydrogen-bond donors (Lipinski definition) is 2. The lowest BCUT2D eigenvalue weighted by molar-refractivity contribution is 0.0702. The Morgan fingerprint density at radius 2 is 2.22 bits per heavy atom. The van der Waals surface area contributed by atoms with Gasteiger partial charge in [0.15, 0.2) is 5.13 Å². The number of aromatic carboxylic acids is 1. The smallest absolute Gasteiger partial charge is 0.347 e. The number of nitrogens with zero attached hydrogens (tertiary/aromatic N) is 1. The third kappa shape index (κ3) is 2.80. The fraction of sp³-hybridized carbons (Fsp3) is 0.0909. The van der Waals surface area contributed by atoms with Gasteiger partial charge >= 0.3 is 5.97 Å². The zero-order chi connectivity index (χ0) is 13.1. The number of benzene rings is 1. The maximum atomic E-state index is 13.3. The highest BCUT2D eigenvalue weighted by Crippen LogP contribution is 2.19. The standard InChI is InChI=1S/C11H8F2N2O2S/c12-7-2-1-6(8(13)3-7)4-14-11-15-5-9(18-11)10(16)17/h1-3,5H,4H2,(H,14,15)(H,16,17). The first-order valence-corrected chi connectivity index (χ1v) is 5.75. The van der Waals surface area contributed by atoms with Gasteiger partial charge in [0.2, 0.25) is 0 Å². The Hall–Kier alpha value is -2.02. The van der Waals surface area contributed by atoms with Gasteiger partial charge in [-0.3, -0.25) is 0 Å². The highest BCUT2D eigenvalue weighted by molar-refractivity contribution is 7.17. The van der Waals surface area contributed by atoms with Gasteiger partial charge in [-0.1, -0.05) is 17.4 Å². The van der Waals surface area contributed by atoms with Crippen LogP contribution in [0.25, 0.3) is 0 Å². The second-order valence-corrected chi connectivity index (χ2v) is 4.45. The van der Waals surface area contributed by atoms with Crippen molar-refractivity contribution in [3.8, 4) is 0 Å². The molecular weight excluding hydrogens is 262 g/mol. The first-order chi connectivity index (χ1) is 8.56. The van der Waals surface area contributed by atoms with E-state index in [4.69, 9.17) is 5.11 Å². The molecule has 0 aliphatic carbocycles. The van der Waals surface area contributed by atoms with E-state index in [9.17, 15) is 13.6 Å². The van der Waals surface area contributed by atoms with Crippen LogP contribution in [-0.2, 0) is 6.54 Å². The quantitative estimate of drug-likeness (QED) is 0.896. The van der Waals surface area contributed by atoms with Crippen molar-refractivity contribution in [1.82, 2.24) is 4.98 Å². The summed E-state index contributed by atoms with van der Waals surface area (Å²) in [5.74, 6) is -2.36. The number of halogens is 2. The summed E-state index contributed by atoms with van der Waals surface area (Å²) in [7, 11) is 0. The van der Waals surface area contributed by atoms with Gasteiger partial charge in [-0.05, 0) is 6.07 Å². The van der Waals surface area contributed by atoms with Crippen LogP contribution in [0.3, 0.4) is 0 Å². The third-order valence-electron chi connectivity index (χ3n) is 2.16. The highest BCUT2D eigenvalue weighted by Gasteiger charge is 2.09. The molecule has 4 nitrogen and oxygen atoms in total. The maximum absolute atomic E-state index is 13.3. The van der Waals surface area contributed by atoms with E-state index in [1.165, 1.54) is 12.3 Å². The number of hydrogen-bond acceptors (Lipinski definition) is 4. The maximum Gasteiger partial charge on any atom is 0.347 e. The Bertz CT molecular complexity index is 586. The molecular formula is C11H8F2N2O2S. The molecule has 2 rings (SSSR count). The summed E-state index contributed by atoms with van der Waals surface area (Å²) in [5.41, 5.74) is 0.281. The van der Waals surface area contributed by atoms with Gasteiger partial charge in [-0.15, -0.1) is 0 Å². The van der Waals surface area contributed by atoms with E-state index in [2.05, 4.69) is 10.3 Å². The molecule has 0 atom stereocenters. The molecule has 0 amide bonds. The van der Waals surface area contributed by atoms with E-state index in [1.807, 2.05) is 0 Å². The van der Waals surface area contributed by atoms with Gasteiger partial charge in [-0.25, -0.2) is 18.6 Å². The van der Waals surface area contributed by atoms with E-state index < -0.39 is 17.6 Å². The van der Waals surface area contributed by atoms with E-state index >= 15 is 0 Å². The normalized spacial score (nSPS) is 10.3. The average Bonchev–Trinajstić information content (AvgIpc) is 2.76. The summed E-state index contributed by atoms with van der Waals surface area (Å²) >= 11 is 0.951. The van der Waals surface area contributed by atoms with Crippen molar-refractivity contribution < 1.29 is 18.7 Å². The van der Waals surface area contributed by atoms with Gasteiger partial charge < -0.3 is 10.4 Å². The lowest BCUT2D eigenvalue weighted by Crippen LogP contribution is -2.01. The van der Waals surface area contributed by atoms with Gasteiger partial charge in [-0.2, -0.15) is 0 Å². The Labute approximate surface area is 105 Å². The third-order valence-corrected chi connectivity index (χ3v) is 3.10. The van der Waals surface area contributed by atoms with Gasteiger partial charge in [0.05, 0.1) is 6.20 Å². The zero-order valence-corrected chi connectivity index (χ0v) is 9.80. The van der Waals surface area contributed by atoms with Crippen LogP contribution in [-0.4, -0.2) is 16.1 Å². The van der Waals surface area contributed by atoms with Crippen molar-refractivity contribution in [3.05, 3.63) is 46.5 Å². The minimum atomic E-state index is -1.06. The predicted molar refractivity (Wildman–Crippen MR) is 62.8 cm³/mol. The minimum Gasteiger partial charge on any atom is -0.477 e. The number of carboxylic acids is 1. The number of carbonyl (C=O) groups is 1. The monoisotopic (exact) mass is 270 g/mol. The SMILES string of the molecule is O=C(O)c1cnc(NCc2ccc(F)cc2F)s1. The van der Waals surface area contributed by atoms with Gasteiger partial charge in [0.25, 0.3) is 0 Å². The molecule has 7 heteroatoms. The van der Waals surface area contributed by atoms with Crippen molar-refractivity contribution in [3.63, 3.8) is 0 Å². The molecule has 0 saturated heterocycles. The lowest BCUT2D eigenvalue weighted by Gasteiger charge is -2.04. The van der Waals surface area contributed by atoms with Crippen LogP contribution in [0, 0.1) is 11.6 Å². The lowest BCUT2D eigenvalue weighted by atomic mass is 10.2. The molecule has 0 saturated carbocycles. The molecule has 1 aromatic carbocycles. The van der Waals surface area contributed by atoms with Crippen LogP contribution < -0.4 is 5.32 Å². The van der Waals surface area contributed by atoms with Crippen molar-refractivity contribution in [2.45, 2.75) is 6.54 Å². The first kappa shape index (κ1) is 12.4. The van der Waals surface area contributed by atoms with E-state index in [0.29, 0.717) is 5.13 Å². The number of rotatable bonds is 4.